The molecule has 0 amide bonds. The predicted octanol–water partition coefficient (Wildman–Crippen LogP) is 4.98. The molecule has 2 fully saturated rings. The van der Waals surface area contributed by atoms with Gasteiger partial charge in [-0.05, 0) is 61.9 Å². The van der Waals surface area contributed by atoms with Gasteiger partial charge in [0.15, 0.2) is 0 Å². The molecule has 31 heavy (non-hydrogen) atoms. The Morgan fingerprint density at radius 3 is 2.48 bits per heavy atom. The third-order valence-electron chi connectivity index (χ3n) is 8.41. The maximum absolute atomic E-state index is 12.3. The number of aliphatic hydroxyl groups is 1. The van der Waals surface area contributed by atoms with E-state index in [1.165, 1.54) is 5.57 Å². The zero-order valence-electron chi connectivity index (χ0n) is 19.9. The van der Waals surface area contributed by atoms with Crippen LogP contribution in [0.5, 0.6) is 0 Å². The number of allylic oxidation sites excluding steroid dienone is 1. The molecule has 5 nitrogen and oxygen atoms in total. The van der Waals surface area contributed by atoms with Crippen molar-refractivity contribution in [2.75, 3.05) is 0 Å². The largest absolute Gasteiger partial charge is 0.462 e. The van der Waals surface area contributed by atoms with Crippen molar-refractivity contribution in [3.8, 4) is 0 Å². The minimum atomic E-state index is -0.579. The molecular formula is C26H40O5. The molecule has 0 heterocycles. The number of carbonyl (C=O) groups excluding carboxylic acids is 2. The summed E-state index contributed by atoms with van der Waals surface area (Å²) in [6, 6.07) is 0. The van der Waals surface area contributed by atoms with Gasteiger partial charge >= 0.3 is 11.9 Å². The first kappa shape index (κ1) is 24.0. The van der Waals surface area contributed by atoms with Gasteiger partial charge in [-0.1, -0.05) is 45.9 Å². The van der Waals surface area contributed by atoms with Crippen LogP contribution in [-0.4, -0.2) is 35.4 Å². The number of aliphatic hydroxyl groups excluding tert-OH is 1. The summed E-state index contributed by atoms with van der Waals surface area (Å²) in [5.74, 6) is 0.400. The first-order chi connectivity index (χ1) is 14.6. The molecule has 0 unspecified atom stereocenters. The van der Waals surface area contributed by atoms with Gasteiger partial charge in [0, 0.05) is 24.7 Å². The Morgan fingerprint density at radius 1 is 1.19 bits per heavy atom. The molecule has 3 aliphatic rings. The Bertz CT molecular complexity index is 740. The highest BCUT2D eigenvalue weighted by molar-refractivity contribution is 5.69. The fourth-order valence-electron chi connectivity index (χ4n) is 6.31. The van der Waals surface area contributed by atoms with E-state index in [4.69, 9.17) is 9.47 Å². The van der Waals surface area contributed by atoms with Crippen molar-refractivity contribution in [1.29, 1.82) is 0 Å². The number of esters is 2. The van der Waals surface area contributed by atoms with Crippen LogP contribution in [0.2, 0.25) is 0 Å². The molecule has 1 N–H and O–H groups in total. The van der Waals surface area contributed by atoms with Crippen LogP contribution in [0.4, 0.5) is 0 Å². The van der Waals surface area contributed by atoms with Crippen molar-refractivity contribution < 1.29 is 24.2 Å². The van der Waals surface area contributed by atoms with E-state index in [1.54, 1.807) is 0 Å². The van der Waals surface area contributed by atoms with E-state index in [1.807, 2.05) is 26.8 Å². The van der Waals surface area contributed by atoms with Crippen LogP contribution in [0.3, 0.4) is 0 Å². The van der Waals surface area contributed by atoms with Gasteiger partial charge in [-0.3, -0.25) is 9.59 Å². The molecule has 8 atom stereocenters. The lowest BCUT2D eigenvalue weighted by Gasteiger charge is -2.50. The molecule has 2 bridgehead atoms. The zero-order valence-corrected chi connectivity index (χ0v) is 19.9. The quantitative estimate of drug-likeness (QED) is 0.501. The standard InChI is InChI=1S/C26H40O5/c1-7-23(28)30-21-10-9-15(3)20(27)13-18-14-22(31-24(29)8-2)26(6)12-11-19(17(21)5)25(26)16(18)4/h9,17-22,25,27H,4,7-8,10-14H2,1-3,5-6H3/b15-9+/t17-,18+,19-,20+,21-,22-,25+,26+/m0/s1. The van der Waals surface area contributed by atoms with Gasteiger partial charge in [0.2, 0.25) is 0 Å². The van der Waals surface area contributed by atoms with Gasteiger partial charge in [0.25, 0.3) is 0 Å². The molecule has 5 heteroatoms. The summed E-state index contributed by atoms with van der Waals surface area (Å²) >= 11 is 0. The highest BCUT2D eigenvalue weighted by atomic mass is 16.5. The van der Waals surface area contributed by atoms with E-state index < -0.39 is 6.10 Å². The van der Waals surface area contributed by atoms with Crippen molar-refractivity contribution in [1.82, 2.24) is 0 Å². The Labute approximate surface area is 187 Å². The zero-order chi connectivity index (χ0) is 22.9. The van der Waals surface area contributed by atoms with Crippen LogP contribution >= 0.6 is 0 Å². The molecule has 0 aliphatic heterocycles. The topological polar surface area (TPSA) is 72.8 Å². The smallest absolute Gasteiger partial charge is 0.305 e. The van der Waals surface area contributed by atoms with E-state index in [9.17, 15) is 14.7 Å². The molecular weight excluding hydrogens is 392 g/mol. The highest BCUT2D eigenvalue weighted by Gasteiger charge is 2.58. The third-order valence-corrected chi connectivity index (χ3v) is 8.41. The molecule has 3 rings (SSSR count). The average molecular weight is 433 g/mol. The molecule has 0 spiro atoms. The second-order valence-electron chi connectivity index (χ2n) is 10.2. The van der Waals surface area contributed by atoms with Gasteiger partial charge in [0.05, 0.1) is 6.10 Å². The van der Waals surface area contributed by atoms with Crippen molar-refractivity contribution in [3.63, 3.8) is 0 Å². The molecule has 3 aliphatic carbocycles. The molecule has 0 aromatic heterocycles. The first-order valence-electron chi connectivity index (χ1n) is 12.0. The molecule has 0 aromatic carbocycles. The summed E-state index contributed by atoms with van der Waals surface area (Å²) in [4.78, 5) is 24.4. The summed E-state index contributed by atoms with van der Waals surface area (Å²) < 4.78 is 11.9. The third kappa shape index (κ3) is 4.62. The van der Waals surface area contributed by atoms with Crippen LogP contribution in [-0.2, 0) is 19.1 Å². The van der Waals surface area contributed by atoms with Gasteiger partial charge in [-0.15, -0.1) is 0 Å². The van der Waals surface area contributed by atoms with Crippen molar-refractivity contribution in [3.05, 3.63) is 23.8 Å². The van der Waals surface area contributed by atoms with E-state index >= 15 is 0 Å². The van der Waals surface area contributed by atoms with Gasteiger partial charge in [0.1, 0.15) is 12.2 Å². The lowest BCUT2D eigenvalue weighted by molar-refractivity contribution is -0.163. The maximum Gasteiger partial charge on any atom is 0.305 e. The number of hydrogen-bond donors (Lipinski definition) is 1. The lowest BCUT2D eigenvalue weighted by Crippen LogP contribution is -2.49. The van der Waals surface area contributed by atoms with E-state index in [2.05, 4.69) is 20.4 Å². The second-order valence-corrected chi connectivity index (χ2v) is 10.2. The lowest BCUT2D eigenvalue weighted by atomic mass is 9.58. The van der Waals surface area contributed by atoms with Crippen LogP contribution in [0.15, 0.2) is 23.8 Å². The molecule has 0 aromatic rings. The molecule has 174 valence electrons. The Kier molecular flexibility index (Phi) is 7.35. The van der Waals surface area contributed by atoms with Crippen LogP contribution in [0.1, 0.15) is 79.6 Å². The minimum absolute atomic E-state index is 0.105. The summed E-state index contributed by atoms with van der Waals surface area (Å²) in [7, 11) is 0. The predicted molar refractivity (Wildman–Crippen MR) is 120 cm³/mol. The molecule has 0 radical (unpaired) electrons. The monoisotopic (exact) mass is 432 g/mol. The first-order valence-corrected chi connectivity index (χ1v) is 12.0. The van der Waals surface area contributed by atoms with E-state index in [0.29, 0.717) is 31.6 Å². The fraction of sp³-hybridized carbons (Fsp3) is 0.769. The molecule has 0 saturated heterocycles. The number of hydrogen-bond acceptors (Lipinski definition) is 5. The maximum atomic E-state index is 12.3. The van der Waals surface area contributed by atoms with Gasteiger partial charge in [-0.25, -0.2) is 0 Å². The summed E-state index contributed by atoms with van der Waals surface area (Å²) in [5.41, 5.74) is 1.91. The highest BCUT2D eigenvalue weighted by Crippen LogP contribution is 2.61. The van der Waals surface area contributed by atoms with E-state index in [-0.39, 0.29) is 47.3 Å². The Hall–Kier alpha value is -1.62. The second kappa shape index (κ2) is 9.48. The molecule has 2 saturated carbocycles. The van der Waals surface area contributed by atoms with Crippen LogP contribution < -0.4 is 0 Å². The number of carbonyl (C=O) groups is 2. The SMILES string of the molecule is C=C1[C@@H]2C[C@@H](O)/C(C)=C/C[C@H](OC(=O)CC)[C@@H](C)[C@@H]3CC[C@](C)([C@@H](OC(=O)CC)C2)[C@H]13. The number of fused-ring (bicyclic) bond motifs is 1. The number of rotatable bonds is 4. The minimum Gasteiger partial charge on any atom is -0.462 e. The van der Waals surface area contributed by atoms with Crippen molar-refractivity contribution >= 4 is 11.9 Å². The Morgan fingerprint density at radius 2 is 1.84 bits per heavy atom. The summed E-state index contributed by atoms with van der Waals surface area (Å²) in [6.07, 6.45) is 5.65. The number of ether oxygens (including phenoxy) is 2. The summed E-state index contributed by atoms with van der Waals surface area (Å²) in [6.45, 7) is 14.6. The summed E-state index contributed by atoms with van der Waals surface area (Å²) in [5, 5.41) is 10.9. The van der Waals surface area contributed by atoms with E-state index in [0.717, 1.165) is 24.8 Å². The van der Waals surface area contributed by atoms with Crippen LogP contribution in [0, 0.1) is 29.1 Å². The van der Waals surface area contributed by atoms with Crippen LogP contribution in [0.25, 0.3) is 0 Å². The normalized spacial score (nSPS) is 42.2. The van der Waals surface area contributed by atoms with Gasteiger partial charge in [-0.2, -0.15) is 0 Å². The van der Waals surface area contributed by atoms with Crippen molar-refractivity contribution in [2.45, 2.75) is 97.9 Å². The fourth-order valence-corrected chi connectivity index (χ4v) is 6.31. The average Bonchev–Trinajstić information content (AvgIpc) is 3.11. The van der Waals surface area contributed by atoms with Crippen molar-refractivity contribution in [2.24, 2.45) is 29.1 Å². The van der Waals surface area contributed by atoms with Gasteiger partial charge < -0.3 is 14.6 Å². The Balaban J connectivity index is 2.02.